The molecular weight excluding hydrogens is 264 g/mol. The predicted molar refractivity (Wildman–Crippen MR) is 71.0 cm³/mol. The highest BCUT2D eigenvalue weighted by molar-refractivity contribution is 5.92. The molecule has 3 amide bonds. The first-order chi connectivity index (χ1) is 9.38. The number of carbonyl (C=O) groups is 3. The zero-order valence-corrected chi connectivity index (χ0v) is 10.9. The molecule has 1 heterocycles. The zero-order valence-electron chi connectivity index (χ0n) is 10.9. The van der Waals surface area contributed by atoms with Gasteiger partial charge in [0.15, 0.2) is 0 Å². The van der Waals surface area contributed by atoms with E-state index in [4.69, 9.17) is 10.8 Å². The number of rotatable bonds is 6. The average molecular weight is 280 g/mol. The van der Waals surface area contributed by atoms with Gasteiger partial charge in [0.05, 0.1) is 11.9 Å². The van der Waals surface area contributed by atoms with Crippen molar-refractivity contribution in [3.05, 3.63) is 24.0 Å². The van der Waals surface area contributed by atoms with Crippen molar-refractivity contribution in [2.24, 2.45) is 5.73 Å². The van der Waals surface area contributed by atoms with Gasteiger partial charge in [0.2, 0.25) is 5.91 Å². The highest BCUT2D eigenvalue weighted by atomic mass is 16.4. The van der Waals surface area contributed by atoms with Gasteiger partial charge < -0.3 is 21.5 Å². The molecule has 0 spiro atoms. The van der Waals surface area contributed by atoms with Crippen LogP contribution in [0.25, 0.3) is 0 Å². The third-order valence-corrected chi connectivity index (χ3v) is 2.45. The van der Waals surface area contributed by atoms with Crippen LogP contribution in [0.4, 0.5) is 10.5 Å². The van der Waals surface area contributed by atoms with E-state index in [9.17, 15) is 14.4 Å². The van der Waals surface area contributed by atoms with Crippen molar-refractivity contribution in [1.29, 1.82) is 0 Å². The van der Waals surface area contributed by atoms with Gasteiger partial charge in [-0.05, 0) is 25.5 Å². The minimum absolute atomic E-state index is 0.0652. The van der Waals surface area contributed by atoms with Crippen LogP contribution in [0.2, 0.25) is 0 Å². The van der Waals surface area contributed by atoms with Crippen molar-refractivity contribution in [3.63, 3.8) is 0 Å². The standard InChI is InChI=1S/C12H16N4O4/c1-7-2-3-8(6-14-7)15-12(20)16-9(11(18)19)4-5-10(13)17/h2-3,6,9H,4-5H2,1H3,(H2,13,17)(H,18,19)(H2,15,16,20)/t9-/m1/s1. The molecule has 8 heteroatoms. The number of hydrogen-bond donors (Lipinski definition) is 4. The Morgan fingerprint density at radius 2 is 2.10 bits per heavy atom. The van der Waals surface area contributed by atoms with E-state index in [0.717, 1.165) is 5.69 Å². The molecule has 1 aromatic heterocycles. The van der Waals surface area contributed by atoms with Crippen LogP contribution < -0.4 is 16.4 Å². The molecule has 5 N–H and O–H groups in total. The van der Waals surface area contributed by atoms with Crippen molar-refractivity contribution >= 4 is 23.6 Å². The van der Waals surface area contributed by atoms with E-state index in [0.29, 0.717) is 5.69 Å². The van der Waals surface area contributed by atoms with Gasteiger partial charge in [0.25, 0.3) is 0 Å². The van der Waals surface area contributed by atoms with E-state index in [1.54, 1.807) is 19.1 Å². The lowest BCUT2D eigenvalue weighted by Gasteiger charge is -2.14. The van der Waals surface area contributed by atoms with E-state index in [1.165, 1.54) is 6.20 Å². The van der Waals surface area contributed by atoms with Crippen LogP contribution in [0.15, 0.2) is 18.3 Å². The van der Waals surface area contributed by atoms with E-state index in [-0.39, 0.29) is 12.8 Å². The first kappa shape index (κ1) is 15.4. The fraction of sp³-hybridized carbons (Fsp3) is 0.333. The van der Waals surface area contributed by atoms with E-state index in [2.05, 4.69) is 15.6 Å². The molecule has 1 rings (SSSR count). The van der Waals surface area contributed by atoms with Crippen molar-refractivity contribution in [2.75, 3.05) is 5.32 Å². The summed E-state index contributed by atoms with van der Waals surface area (Å²) in [5.41, 5.74) is 6.17. The van der Waals surface area contributed by atoms with Crippen molar-refractivity contribution in [2.45, 2.75) is 25.8 Å². The summed E-state index contributed by atoms with van der Waals surface area (Å²) in [5, 5.41) is 13.6. The minimum Gasteiger partial charge on any atom is -0.480 e. The quantitative estimate of drug-likeness (QED) is 0.591. The van der Waals surface area contributed by atoms with E-state index in [1.807, 2.05) is 0 Å². The maximum atomic E-state index is 11.6. The number of carbonyl (C=O) groups excluding carboxylic acids is 2. The third kappa shape index (κ3) is 5.34. The molecular formula is C12H16N4O4. The lowest BCUT2D eigenvalue weighted by molar-refractivity contribution is -0.139. The fourth-order valence-corrected chi connectivity index (χ4v) is 1.41. The van der Waals surface area contributed by atoms with Crippen LogP contribution in [0.3, 0.4) is 0 Å². The molecule has 0 saturated carbocycles. The molecule has 0 unspecified atom stereocenters. The fourth-order valence-electron chi connectivity index (χ4n) is 1.41. The Labute approximate surface area is 115 Å². The Kier molecular flexibility index (Phi) is 5.45. The molecule has 0 bridgehead atoms. The highest BCUT2D eigenvalue weighted by Gasteiger charge is 2.20. The molecule has 0 radical (unpaired) electrons. The number of anilines is 1. The first-order valence-corrected chi connectivity index (χ1v) is 5.89. The summed E-state index contributed by atoms with van der Waals surface area (Å²) in [7, 11) is 0. The molecule has 108 valence electrons. The van der Waals surface area contributed by atoms with Gasteiger partial charge in [-0.25, -0.2) is 9.59 Å². The Bertz CT molecular complexity index is 501. The SMILES string of the molecule is Cc1ccc(NC(=O)N[C@H](CCC(N)=O)C(=O)O)cn1. The van der Waals surface area contributed by atoms with Crippen LogP contribution in [0.1, 0.15) is 18.5 Å². The van der Waals surface area contributed by atoms with Crippen LogP contribution in [0.5, 0.6) is 0 Å². The van der Waals surface area contributed by atoms with E-state index >= 15 is 0 Å². The molecule has 20 heavy (non-hydrogen) atoms. The third-order valence-electron chi connectivity index (χ3n) is 2.45. The molecule has 0 aliphatic carbocycles. The van der Waals surface area contributed by atoms with Crippen LogP contribution in [-0.4, -0.2) is 34.0 Å². The number of aromatic nitrogens is 1. The Hall–Kier alpha value is -2.64. The largest absolute Gasteiger partial charge is 0.480 e. The number of pyridine rings is 1. The zero-order chi connectivity index (χ0) is 15.1. The normalized spacial score (nSPS) is 11.4. The second-order valence-electron chi connectivity index (χ2n) is 4.18. The molecule has 0 aliphatic heterocycles. The Balaban J connectivity index is 2.55. The number of nitrogens with zero attached hydrogens (tertiary/aromatic N) is 1. The van der Waals surface area contributed by atoms with Gasteiger partial charge in [-0.3, -0.25) is 9.78 Å². The van der Waals surface area contributed by atoms with Crippen LogP contribution in [0, 0.1) is 6.92 Å². The van der Waals surface area contributed by atoms with Crippen LogP contribution in [-0.2, 0) is 9.59 Å². The van der Waals surface area contributed by atoms with Gasteiger partial charge in [-0.1, -0.05) is 0 Å². The van der Waals surface area contributed by atoms with Gasteiger partial charge in [0.1, 0.15) is 6.04 Å². The van der Waals surface area contributed by atoms with Gasteiger partial charge >= 0.3 is 12.0 Å². The van der Waals surface area contributed by atoms with Gasteiger partial charge in [-0.2, -0.15) is 0 Å². The van der Waals surface area contributed by atoms with Crippen LogP contribution >= 0.6 is 0 Å². The number of nitrogens with two attached hydrogens (primary N) is 1. The molecule has 0 aromatic carbocycles. The number of carboxylic acids is 1. The summed E-state index contributed by atoms with van der Waals surface area (Å²) < 4.78 is 0. The average Bonchev–Trinajstić information content (AvgIpc) is 2.36. The summed E-state index contributed by atoms with van der Waals surface area (Å²) >= 11 is 0. The summed E-state index contributed by atoms with van der Waals surface area (Å²) in [6.07, 6.45) is 1.27. The smallest absolute Gasteiger partial charge is 0.326 e. The van der Waals surface area contributed by atoms with Gasteiger partial charge in [0, 0.05) is 12.1 Å². The molecule has 0 fully saturated rings. The molecule has 0 saturated heterocycles. The number of aryl methyl sites for hydroxylation is 1. The monoisotopic (exact) mass is 280 g/mol. The van der Waals surface area contributed by atoms with Crippen molar-refractivity contribution in [3.8, 4) is 0 Å². The number of nitrogens with one attached hydrogen (secondary N) is 2. The maximum absolute atomic E-state index is 11.6. The lowest BCUT2D eigenvalue weighted by atomic mass is 10.1. The van der Waals surface area contributed by atoms with Crippen molar-refractivity contribution < 1.29 is 19.5 Å². The minimum atomic E-state index is -1.23. The number of hydrogen-bond acceptors (Lipinski definition) is 4. The molecule has 8 nitrogen and oxygen atoms in total. The number of urea groups is 1. The summed E-state index contributed by atoms with van der Waals surface area (Å²) in [6.45, 7) is 1.80. The Morgan fingerprint density at radius 1 is 1.40 bits per heavy atom. The maximum Gasteiger partial charge on any atom is 0.326 e. The molecule has 1 aromatic rings. The van der Waals surface area contributed by atoms with Crippen molar-refractivity contribution in [1.82, 2.24) is 10.3 Å². The number of primary amides is 1. The predicted octanol–water partition coefficient (Wildman–Crippen LogP) is 0.230. The topological polar surface area (TPSA) is 134 Å². The molecule has 1 atom stereocenters. The first-order valence-electron chi connectivity index (χ1n) is 5.89. The Morgan fingerprint density at radius 3 is 2.60 bits per heavy atom. The number of carboxylic acid groups (broad SMARTS) is 1. The van der Waals surface area contributed by atoms with E-state index < -0.39 is 23.9 Å². The second-order valence-corrected chi connectivity index (χ2v) is 4.18. The molecule has 0 aliphatic rings. The summed E-state index contributed by atoms with van der Waals surface area (Å²) in [4.78, 5) is 37.2. The number of aliphatic carboxylic acids is 1. The summed E-state index contributed by atoms with van der Waals surface area (Å²) in [5.74, 6) is -1.86. The van der Waals surface area contributed by atoms with Gasteiger partial charge in [-0.15, -0.1) is 0 Å². The number of amides is 3. The highest BCUT2D eigenvalue weighted by Crippen LogP contribution is 2.05. The second kappa shape index (κ2) is 7.07. The summed E-state index contributed by atoms with van der Waals surface area (Å²) in [6, 6.07) is 1.48. The lowest BCUT2D eigenvalue weighted by Crippen LogP contribution is -2.43.